The van der Waals surface area contributed by atoms with Crippen molar-refractivity contribution in [2.45, 2.75) is 32.1 Å². The van der Waals surface area contributed by atoms with Crippen LogP contribution in [0.4, 0.5) is 4.39 Å². The molecule has 3 rings (SSSR count). The van der Waals surface area contributed by atoms with Gasteiger partial charge in [0.05, 0.1) is 17.9 Å². The van der Waals surface area contributed by atoms with Gasteiger partial charge in [0.25, 0.3) is 0 Å². The van der Waals surface area contributed by atoms with Crippen molar-refractivity contribution in [1.29, 1.82) is 0 Å². The van der Waals surface area contributed by atoms with Gasteiger partial charge in [-0.1, -0.05) is 25.6 Å². The first-order valence-corrected chi connectivity index (χ1v) is 8.30. The number of hydrogen-bond donors (Lipinski definition) is 1. The fourth-order valence-corrected chi connectivity index (χ4v) is 3.40. The topological polar surface area (TPSA) is 46.9 Å². The smallest absolute Gasteiger partial charge is 0.222 e. The van der Waals surface area contributed by atoms with Gasteiger partial charge >= 0.3 is 0 Å². The van der Waals surface area contributed by atoms with E-state index in [0.29, 0.717) is 6.54 Å². The monoisotopic (exact) mass is 319 g/mol. The van der Waals surface area contributed by atoms with E-state index in [1.165, 1.54) is 12.1 Å². The molecule has 1 amide bonds. The van der Waals surface area contributed by atoms with Crippen molar-refractivity contribution in [3.8, 4) is 11.3 Å². The van der Waals surface area contributed by atoms with E-state index in [2.05, 4.69) is 14.9 Å². The van der Waals surface area contributed by atoms with E-state index in [4.69, 9.17) is 0 Å². The van der Waals surface area contributed by atoms with Crippen LogP contribution in [0, 0.1) is 11.7 Å². The predicted molar refractivity (Wildman–Crippen MR) is 85.0 cm³/mol. The molecule has 1 aromatic carbocycles. The number of nitrogens with one attached hydrogen (secondary N) is 1. The number of fused-ring (bicyclic) bond motifs is 1. The van der Waals surface area contributed by atoms with Crippen LogP contribution in [0.15, 0.2) is 29.4 Å². The Kier molecular flexibility index (Phi) is 4.20. The molecular formula is C16H18FN3OS. The molecule has 1 N–H and O–H groups in total. The highest BCUT2D eigenvalue weighted by atomic mass is 32.2. The van der Waals surface area contributed by atoms with Crippen LogP contribution in [-0.2, 0) is 17.9 Å². The lowest BCUT2D eigenvalue weighted by Crippen LogP contribution is -2.28. The zero-order chi connectivity index (χ0) is 15.7. The molecule has 2 heterocycles. The highest BCUT2D eigenvalue weighted by Gasteiger charge is 2.23. The second-order valence-electron chi connectivity index (χ2n) is 5.57. The molecule has 4 nitrogen and oxygen atoms in total. The van der Waals surface area contributed by atoms with Gasteiger partial charge in [-0.25, -0.2) is 9.37 Å². The number of carbonyl (C=O) groups is 1. The number of amides is 1. The molecule has 2 aromatic rings. The van der Waals surface area contributed by atoms with E-state index in [-0.39, 0.29) is 17.6 Å². The summed E-state index contributed by atoms with van der Waals surface area (Å²) >= 11 is 1.71. The summed E-state index contributed by atoms with van der Waals surface area (Å²) in [6.07, 6.45) is 0. The zero-order valence-electron chi connectivity index (χ0n) is 12.6. The van der Waals surface area contributed by atoms with Crippen LogP contribution < -0.4 is 5.32 Å². The van der Waals surface area contributed by atoms with Gasteiger partial charge in [0.2, 0.25) is 5.91 Å². The minimum absolute atomic E-state index is 0.0197. The van der Waals surface area contributed by atoms with Gasteiger partial charge in [0, 0.05) is 23.8 Å². The molecule has 22 heavy (non-hydrogen) atoms. The van der Waals surface area contributed by atoms with Crippen LogP contribution in [0.1, 0.15) is 19.5 Å². The van der Waals surface area contributed by atoms with Crippen molar-refractivity contribution < 1.29 is 9.18 Å². The highest BCUT2D eigenvalue weighted by molar-refractivity contribution is 7.99. The Morgan fingerprint density at radius 3 is 2.82 bits per heavy atom. The first-order chi connectivity index (χ1) is 10.6. The van der Waals surface area contributed by atoms with Gasteiger partial charge in [-0.05, 0) is 24.3 Å². The van der Waals surface area contributed by atoms with Gasteiger partial charge in [0.15, 0.2) is 5.16 Å². The van der Waals surface area contributed by atoms with E-state index < -0.39 is 0 Å². The van der Waals surface area contributed by atoms with E-state index in [1.807, 2.05) is 13.8 Å². The molecule has 0 atom stereocenters. The van der Waals surface area contributed by atoms with Crippen LogP contribution >= 0.6 is 11.8 Å². The van der Waals surface area contributed by atoms with Crippen LogP contribution in [0.25, 0.3) is 11.3 Å². The molecule has 1 aliphatic rings. The number of aromatic nitrogens is 2. The summed E-state index contributed by atoms with van der Waals surface area (Å²) in [5.41, 5.74) is 2.68. The lowest BCUT2D eigenvalue weighted by atomic mass is 10.1. The summed E-state index contributed by atoms with van der Waals surface area (Å²) in [6, 6.07) is 6.32. The van der Waals surface area contributed by atoms with E-state index in [1.54, 1.807) is 23.9 Å². The molecule has 116 valence electrons. The Bertz CT molecular complexity index is 694. The Balaban J connectivity index is 1.93. The summed E-state index contributed by atoms with van der Waals surface area (Å²) in [4.78, 5) is 16.5. The summed E-state index contributed by atoms with van der Waals surface area (Å²) in [5, 5.41) is 3.92. The van der Waals surface area contributed by atoms with Crippen LogP contribution in [0.2, 0.25) is 0 Å². The van der Waals surface area contributed by atoms with Crippen LogP contribution in [0.3, 0.4) is 0 Å². The van der Waals surface area contributed by atoms with E-state index >= 15 is 0 Å². The third kappa shape index (κ3) is 2.88. The standard InChI is InChI=1S/C16H18FN3OS/c1-10(2)15(21)18-9-13-14(11-3-5-12(17)6-4-11)19-16-20(13)7-8-22-16/h3-6,10H,7-9H2,1-2H3,(H,18,21). The summed E-state index contributed by atoms with van der Waals surface area (Å²) in [7, 11) is 0. The van der Waals surface area contributed by atoms with Crippen molar-refractivity contribution in [2.75, 3.05) is 5.75 Å². The molecule has 0 saturated carbocycles. The maximum absolute atomic E-state index is 13.1. The van der Waals surface area contributed by atoms with Crippen molar-refractivity contribution in [1.82, 2.24) is 14.9 Å². The van der Waals surface area contributed by atoms with Crippen LogP contribution in [-0.4, -0.2) is 21.2 Å². The molecule has 0 spiro atoms. The third-order valence-electron chi connectivity index (χ3n) is 3.66. The number of halogens is 1. The minimum atomic E-state index is -0.264. The number of nitrogens with zero attached hydrogens (tertiary/aromatic N) is 2. The first-order valence-electron chi connectivity index (χ1n) is 7.32. The predicted octanol–water partition coefficient (Wildman–Crippen LogP) is 3.07. The maximum atomic E-state index is 13.1. The highest BCUT2D eigenvalue weighted by Crippen LogP contribution is 2.33. The van der Waals surface area contributed by atoms with Crippen LogP contribution in [0.5, 0.6) is 0 Å². The fraction of sp³-hybridized carbons (Fsp3) is 0.375. The first kappa shape index (κ1) is 15.1. The van der Waals surface area contributed by atoms with Gasteiger partial charge in [0.1, 0.15) is 5.82 Å². The number of rotatable bonds is 4. The number of carbonyl (C=O) groups excluding carboxylic acids is 1. The summed E-state index contributed by atoms with van der Waals surface area (Å²) in [6.45, 7) is 5.07. The van der Waals surface area contributed by atoms with E-state index in [0.717, 1.165) is 34.4 Å². The quantitative estimate of drug-likeness (QED) is 0.942. The molecule has 6 heteroatoms. The molecule has 0 fully saturated rings. The van der Waals surface area contributed by atoms with Gasteiger partial charge in [-0.15, -0.1) is 0 Å². The third-order valence-corrected chi connectivity index (χ3v) is 4.61. The second kappa shape index (κ2) is 6.12. The molecule has 1 aromatic heterocycles. The Morgan fingerprint density at radius 1 is 1.41 bits per heavy atom. The lowest BCUT2D eigenvalue weighted by Gasteiger charge is -2.11. The lowest BCUT2D eigenvalue weighted by molar-refractivity contribution is -0.124. The molecule has 0 unspecified atom stereocenters. The number of hydrogen-bond acceptors (Lipinski definition) is 3. The summed E-state index contributed by atoms with van der Waals surface area (Å²) < 4.78 is 15.3. The van der Waals surface area contributed by atoms with Gasteiger partial charge in [-0.3, -0.25) is 4.79 Å². The van der Waals surface area contributed by atoms with Gasteiger partial charge in [-0.2, -0.15) is 0 Å². The molecular weight excluding hydrogens is 301 g/mol. The SMILES string of the molecule is CC(C)C(=O)NCc1c(-c2ccc(F)cc2)nc2n1CCS2. The number of benzene rings is 1. The molecule has 0 aliphatic carbocycles. The maximum Gasteiger partial charge on any atom is 0.222 e. The summed E-state index contributed by atoms with van der Waals surface area (Å²) in [5.74, 6) is 0.701. The minimum Gasteiger partial charge on any atom is -0.350 e. The number of thioether (sulfide) groups is 1. The fourth-order valence-electron chi connectivity index (χ4n) is 2.43. The Labute approximate surface area is 133 Å². The van der Waals surface area contributed by atoms with Gasteiger partial charge < -0.3 is 9.88 Å². The molecule has 0 bridgehead atoms. The molecule has 0 saturated heterocycles. The zero-order valence-corrected chi connectivity index (χ0v) is 13.4. The van der Waals surface area contributed by atoms with E-state index in [9.17, 15) is 9.18 Å². The van der Waals surface area contributed by atoms with Crippen molar-refractivity contribution >= 4 is 17.7 Å². The molecule has 1 aliphatic heterocycles. The van der Waals surface area contributed by atoms with Crippen molar-refractivity contribution in [3.05, 3.63) is 35.8 Å². The average Bonchev–Trinajstić information content (AvgIpc) is 3.06. The van der Waals surface area contributed by atoms with Crippen molar-refractivity contribution in [2.24, 2.45) is 5.92 Å². The average molecular weight is 319 g/mol. The second-order valence-corrected chi connectivity index (χ2v) is 6.63. The number of imidazole rings is 1. The molecule has 0 radical (unpaired) electrons. The largest absolute Gasteiger partial charge is 0.350 e. The Morgan fingerprint density at radius 2 is 2.14 bits per heavy atom. The van der Waals surface area contributed by atoms with Crippen molar-refractivity contribution in [3.63, 3.8) is 0 Å². The Hall–Kier alpha value is -1.82. The normalized spacial score (nSPS) is 13.5.